The molecule has 6 nitrogen and oxygen atoms in total. The highest BCUT2D eigenvalue weighted by molar-refractivity contribution is 7.87. The maximum absolute atomic E-state index is 11.0. The van der Waals surface area contributed by atoms with Crippen LogP contribution in [0.1, 0.15) is 12.8 Å². The molecule has 0 amide bonds. The lowest BCUT2D eigenvalue weighted by Crippen LogP contribution is -2.16. The zero-order valence-electron chi connectivity index (χ0n) is 7.96. The van der Waals surface area contributed by atoms with Crippen LogP contribution in [0.4, 0.5) is 0 Å². The van der Waals surface area contributed by atoms with Crippen LogP contribution < -0.4 is 0 Å². The summed E-state index contributed by atoms with van der Waals surface area (Å²) in [4.78, 5) is 0. The van der Waals surface area contributed by atoms with E-state index in [1.807, 2.05) is 0 Å². The molecular formula is C7H12O6S2. The summed E-state index contributed by atoms with van der Waals surface area (Å²) >= 11 is 0. The lowest BCUT2D eigenvalue weighted by molar-refractivity contribution is 0.187. The van der Waals surface area contributed by atoms with Gasteiger partial charge in [0.1, 0.15) is 0 Å². The topological polar surface area (TPSA) is 86.7 Å². The molecule has 0 radical (unpaired) electrons. The quantitative estimate of drug-likeness (QED) is 0.617. The van der Waals surface area contributed by atoms with Gasteiger partial charge in [0.05, 0.1) is 24.2 Å². The van der Waals surface area contributed by atoms with Crippen LogP contribution in [0.15, 0.2) is 0 Å². The van der Waals surface area contributed by atoms with Gasteiger partial charge in [0.15, 0.2) is 0 Å². The van der Waals surface area contributed by atoms with Gasteiger partial charge in [-0.05, 0) is 12.8 Å². The highest BCUT2D eigenvalue weighted by Gasteiger charge is 2.35. The second-order valence-corrected chi connectivity index (χ2v) is 7.28. The van der Waals surface area contributed by atoms with Crippen LogP contribution in [-0.4, -0.2) is 41.1 Å². The molecule has 2 fully saturated rings. The van der Waals surface area contributed by atoms with E-state index in [4.69, 9.17) is 4.18 Å². The van der Waals surface area contributed by atoms with Crippen LogP contribution in [0.3, 0.4) is 0 Å². The molecule has 0 N–H and O–H groups in total. The van der Waals surface area contributed by atoms with E-state index in [0.717, 1.165) is 0 Å². The van der Waals surface area contributed by atoms with Crippen LogP contribution in [0.5, 0.6) is 0 Å². The van der Waals surface area contributed by atoms with Crippen LogP contribution in [0.2, 0.25) is 0 Å². The highest BCUT2D eigenvalue weighted by atomic mass is 32.2. The first-order valence-electron chi connectivity index (χ1n) is 4.64. The van der Waals surface area contributed by atoms with Crippen molar-refractivity contribution < 1.29 is 25.2 Å². The van der Waals surface area contributed by atoms with E-state index in [-0.39, 0.29) is 30.1 Å². The number of hydrogen-bond donors (Lipinski definition) is 0. The molecule has 0 bridgehead atoms. The molecule has 0 aromatic carbocycles. The zero-order valence-corrected chi connectivity index (χ0v) is 9.59. The second kappa shape index (κ2) is 3.69. The Morgan fingerprint density at radius 1 is 1.13 bits per heavy atom. The second-order valence-electron chi connectivity index (χ2n) is 3.88. The summed E-state index contributed by atoms with van der Waals surface area (Å²) in [6.07, 6.45) is 0.494. The molecular weight excluding hydrogens is 244 g/mol. The Morgan fingerprint density at radius 2 is 1.87 bits per heavy atom. The summed E-state index contributed by atoms with van der Waals surface area (Å²) in [6, 6.07) is 0. The number of hydrogen-bond acceptors (Lipinski definition) is 6. The molecule has 0 aromatic heterocycles. The summed E-state index contributed by atoms with van der Waals surface area (Å²) < 4.78 is 53.2. The van der Waals surface area contributed by atoms with Gasteiger partial charge in [0, 0.05) is 5.92 Å². The Morgan fingerprint density at radius 3 is 2.33 bits per heavy atom. The van der Waals surface area contributed by atoms with Crippen molar-refractivity contribution in [2.24, 2.45) is 5.92 Å². The first-order chi connectivity index (χ1) is 6.86. The van der Waals surface area contributed by atoms with Crippen molar-refractivity contribution in [3.05, 3.63) is 0 Å². The molecule has 2 aliphatic rings. The van der Waals surface area contributed by atoms with Crippen molar-refractivity contribution in [3.8, 4) is 0 Å². The minimum atomic E-state index is -3.37. The number of rotatable bonds is 2. The molecule has 2 unspecified atom stereocenters. The van der Waals surface area contributed by atoms with Crippen LogP contribution >= 0.6 is 0 Å². The summed E-state index contributed by atoms with van der Waals surface area (Å²) in [6.45, 7) is 0.141. The fourth-order valence-corrected chi connectivity index (χ4v) is 4.37. The summed E-state index contributed by atoms with van der Waals surface area (Å²) in [5, 5.41) is 0. The molecule has 8 heteroatoms. The standard InChI is InChI=1S/C7H12O6S2/c8-14(9)2-1-7(13-14)3-6-4-12-15(10,11)5-6/h6-7H,1-5H2. The molecule has 2 aliphatic heterocycles. The Hall–Kier alpha value is -0.180. The molecule has 88 valence electrons. The summed E-state index contributed by atoms with van der Waals surface area (Å²) in [7, 11) is -6.73. The van der Waals surface area contributed by atoms with E-state index in [9.17, 15) is 16.8 Å². The average molecular weight is 256 g/mol. The lowest BCUT2D eigenvalue weighted by atomic mass is 10.0. The third-order valence-electron chi connectivity index (χ3n) is 2.49. The lowest BCUT2D eigenvalue weighted by Gasteiger charge is -2.10. The highest BCUT2D eigenvalue weighted by Crippen LogP contribution is 2.26. The largest absolute Gasteiger partial charge is 0.270 e. The SMILES string of the molecule is O=S1(=O)CC(CC2CCS(=O)(=O)O2)CO1. The smallest absolute Gasteiger partial charge is 0.267 e. The van der Waals surface area contributed by atoms with Gasteiger partial charge in [-0.2, -0.15) is 16.8 Å². The van der Waals surface area contributed by atoms with Crippen molar-refractivity contribution in [1.82, 2.24) is 0 Å². The van der Waals surface area contributed by atoms with Gasteiger partial charge >= 0.3 is 0 Å². The van der Waals surface area contributed by atoms with Gasteiger partial charge < -0.3 is 0 Å². The predicted octanol–water partition coefficient (Wildman–Crippen LogP) is -0.529. The van der Waals surface area contributed by atoms with Crippen molar-refractivity contribution in [1.29, 1.82) is 0 Å². The fraction of sp³-hybridized carbons (Fsp3) is 1.00. The summed E-state index contributed by atoms with van der Waals surface area (Å²) in [5.41, 5.74) is 0. The Bertz CT molecular complexity index is 394. The van der Waals surface area contributed by atoms with Gasteiger partial charge in [0.2, 0.25) is 0 Å². The molecule has 2 atom stereocenters. The van der Waals surface area contributed by atoms with E-state index in [1.54, 1.807) is 0 Å². The van der Waals surface area contributed by atoms with Gasteiger partial charge in [0.25, 0.3) is 20.2 Å². The van der Waals surface area contributed by atoms with E-state index in [1.165, 1.54) is 0 Å². The molecule has 0 aliphatic carbocycles. The van der Waals surface area contributed by atoms with Gasteiger partial charge in [-0.15, -0.1) is 0 Å². The minimum Gasteiger partial charge on any atom is -0.270 e. The third kappa shape index (κ3) is 2.90. The van der Waals surface area contributed by atoms with Crippen LogP contribution in [0, 0.1) is 5.92 Å². The minimum absolute atomic E-state index is 0.0258. The Balaban J connectivity index is 1.90. The molecule has 2 heterocycles. The maximum atomic E-state index is 11.0. The zero-order chi connectivity index (χ0) is 11.1. The Labute approximate surface area is 88.8 Å². The van der Waals surface area contributed by atoms with Crippen molar-refractivity contribution in [3.63, 3.8) is 0 Å². The third-order valence-corrected chi connectivity index (χ3v) is 5.17. The predicted molar refractivity (Wildman–Crippen MR) is 51.1 cm³/mol. The van der Waals surface area contributed by atoms with Crippen molar-refractivity contribution in [2.75, 3.05) is 18.1 Å². The van der Waals surface area contributed by atoms with Crippen molar-refractivity contribution >= 4 is 20.2 Å². The van der Waals surface area contributed by atoms with Gasteiger partial charge in [-0.25, -0.2) is 0 Å². The van der Waals surface area contributed by atoms with Crippen LogP contribution in [0.25, 0.3) is 0 Å². The van der Waals surface area contributed by atoms with E-state index >= 15 is 0 Å². The Kier molecular flexibility index (Phi) is 2.78. The molecule has 0 aromatic rings. The monoisotopic (exact) mass is 256 g/mol. The van der Waals surface area contributed by atoms with Crippen LogP contribution in [-0.2, 0) is 28.6 Å². The van der Waals surface area contributed by atoms with E-state index < -0.39 is 20.2 Å². The van der Waals surface area contributed by atoms with Crippen molar-refractivity contribution in [2.45, 2.75) is 18.9 Å². The fourth-order valence-electron chi connectivity index (χ4n) is 1.83. The van der Waals surface area contributed by atoms with E-state index in [2.05, 4.69) is 4.18 Å². The summed E-state index contributed by atoms with van der Waals surface area (Å²) in [5.74, 6) is -0.154. The first kappa shape index (κ1) is 11.3. The van der Waals surface area contributed by atoms with Gasteiger partial charge in [-0.1, -0.05) is 0 Å². The maximum Gasteiger partial charge on any atom is 0.267 e. The molecule has 0 saturated carbocycles. The average Bonchev–Trinajstić information content (AvgIpc) is 2.56. The molecule has 0 spiro atoms. The first-order valence-corrected chi connectivity index (χ1v) is 7.80. The van der Waals surface area contributed by atoms with Gasteiger partial charge in [-0.3, -0.25) is 8.37 Å². The normalized spacial score (nSPS) is 38.1. The molecule has 15 heavy (non-hydrogen) atoms. The molecule has 2 rings (SSSR count). The van der Waals surface area contributed by atoms with E-state index in [0.29, 0.717) is 12.8 Å². The molecule has 2 saturated heterocycles.